The van der Waals surface area contributed by atoms with E-state index in [2.05, 4.69) is 16.6 Å². The number of halogens is 2. The van der Waals surface area contributed by atoms with Gasteiger partial charge in [-0.1, -0.05) is 57.2 Å². The lowest BCUT2D eigenvalue weighted by molar-refractivity contribution is -0.151. The number of rotatable bonds is 13. The number of nitrogens with zero attached hydrogens (tertiary/aromatic N) is 3. The van der Waals surface area contributed by atoms with Crippen LogP contribution in [0.25, 0.3) is 22.2 Å². The molecule has 2 N–H and O–H groups in total. The van der Waals surface area contributed by atoms with Crippen LogP contribution in [0.5, 0.6) is 11.5 Å². The third-order valence-electron chi connectivity index (χ3n) is 12.3. The number of methoxy groups -OCH3 is 1. The molecule has 2 unspecified atom stereocenters. The number of hydrogen-bond donors (Lipinski definition) is 2. The van der Waals surface area contributed by atoms with Crippen LogP contribution in [0.3, 0.4) is 0 Å². The number of ether oxygens (including phenoxy) is 2. The predicted molar refractivity (Wildman–Crippen MR) is 221 cm³/mol. The molecule has 2 saturated heterocycles. The van der Waals surface area contributed by atoms with Crippen LogP contribution in [-0.4, -0.2) is 102 Å². The van der Waals surface area contributed by atoms with E-state index in [9.17, 15) is 36.4 Å². The molecule has 1 aromatic heterocycles. The van der Waals surface area contributed by atoms with Crippen molar-refractivity contribution >= 4 is 44.6 Å². The number of nitrogens with one attached hydrogen (secondary N) is 2. The molecule has 322 valence electrons. The van der Waals surface area contributed by atoms with Crippen molar-refractivity contribution in [1.82, 2.24) is 24.8 Å². The number of hydrogen-bond acceptors (Lipinski definition) is 9. The molecule has 4 fully saturated rings. The van der Waals surface area contributed by atoms with E-state index in [4.69, 9.17) is 14.5 Å². The average Bonchev–Trinajstić information content (AvgIpc) is 4.13. The zero-order chi connectivity index (χ0) is 43.4. The lowest BCUT2D eigenvalue weighted by Crippen LogP contribution is -2.57. The Morgan fingerprint density at radius 2 is 1.80 bits per heavy atom. The molecule has 2 aliphatic heterocycles. The van der Waals surface area contributed by atoms with Gasteiger partial charge < -0.3 is 24.6 Å². The Balaban J connectivity index is 1.23. The number of piperidine rings is 1. The Morgan fingerprint density at radius 1 is 1.08 bits per heavy atom. The number of benzene rings is 2. The van der Waals surface area contributed by atoms with Gasteiger partial charge in [0.05, 0.1) is 42.6 Å². The summed E-state index contributed by atoms with van der Waals surface area (Å²) in [5.74, 6) is -6.31. The van der Waals surface area contributed by atoms with Gasteiger partial charge in [0.2, 0.25) is 27.7 Å². The number of pyridine rings is 1. The molecule has 3 heterocycles. The van der Waals surface area contributed by atoms with Crippen LogP contribution in [-0.2, 0) is 29.2 Å². The third kappa shape index (κ3) is 8.70. The second-order valence-corrected chi connectivity index (χ2v) is 19.7. The Bertz CT molecular complexity index is 2320. The molecule has 4 amide bonds. The Kier molecular flexibility index (Phi) is 11.5. The van der Waals surface area contributed by atoms with Crippen molar-refractivity contribution in [3.8, 4) is 22.8 Å². The van der Waals surface area contributed by atoms with Crippen LogP contribution in [0.15, 0.2) is 61.2 Å². The summed E-state index contributed by atoms with van der Waals surface area (Å²) >= 11 is 0. The predicted octanol–water partition coefficient (Wildman–Crippen LogP) is 5.55. The van der Waals surface area contributed by atoms with Crippen LogP contribution >= 0.6 is 0 Å². The summed E-state index contributed by atoms with van der Waals surface area (Å²) in [4.78, 5) is 64.2. The second kappa shape index (κ2) is 16.1. The van der Waals surface area contributed by atoms with Crippen LogP contribution in [0.1, 0.15) is 71.3 Å². The molecule has 16 heteroatoms. The number of aromatic nitrogens is 1. The molecule has 0 spiro atoms. The highest BCUT2D eigenvalue weighted by Crippen LogP contribution is 2.46. The van der Waals surface area contributed by atoms with Crippen molar-refractivity contribution in [3.05, 3.63) is 66.7 Å². The number of fused-ring (bicyclic) bond motifs is 1. The number of carbonyl (C=O) groups is 4. The van der Waals surface area contributed by atoms with E-state index < -0.39 is 86.3 Å². The number of likely N-dealkylation sites (tertiary alicyclic amines) is 2. The molecule has 2 aliphatic carbocycles. The van der Waals surface area contributed by atoms with Crippen LogP contribution in [0.4, 0.5) is 8.78 Å². The SMILES string of the molecule is C=C[C@@H]1CC1(NC(=O)[C@@H]1C[C@@H](Oc2cc(-c3ccccc3)nc3c(C)c(OC)ccc23)CN1C(=O)C(CC(=O)N1CCCC(F)(F)C1)C(C)(C)C)C(=O)NS(=O)(=O)C1CC1. The highest BCUT2D eigenvalue weighted by atomic mass is 32.2. The average molecular weight is 850 g/mol. The van der Waals surface area contributed by atoms with E-state index in [0.717, 1.165) is 16.0 Å². The van der Waals surface area contributed by atoms with Crippen molar-refractivity contribution in [2.24, 2.45) is 17.3 Å². The fourth-order valence-corrected chi connectivity index (χ4v) is 9.84. The first-order valence-corrected chi connectivity index (χ1v) is 22.0. The minimum absolute atomic E-state index is 0.0306. The molecule has 4 aliphatic rings. The second-order valence-electron chi connectivity index (χ2n) is 17.7. The molecular formula is C44H53F2N5O8S. The van der Waals surface area contributed by atoms with Gasteiger partial charge in [-0.15, -0.1) is 6.58 Å². The van der Waals surface area contributed by atoms with E-state index >= 15 is 0 Å². The van der Waals surface area contributed by atoms with Gasteiger partial charge in [0.1, 0.15) is 29.2 Å². The summed E-state index contributed by atoms with van der Waals surface area (Å²) in [5, 5.41) is 2.78. The summed E-state index contributed by atoms with van der Waals surface area (Å²) in [5.41, 5.74) is 0.369. The molecule has 60 heavy (non-hydrogen) atoms. The monoisotopic (exact) mass is 849 g/mol. The summed E-state index contributed by atoms with van der Waals surface area (Å²) in [6, 6.07) is 13.7. The van der Waals surface area contributed by atoms with E-state index in [0.29, 0.717) is 40.9 Å². The maximum Gasteiger partial charge on any atom is 0.265 e. The normalized spacial score (nSPS) is 24.4. The molecule has 2 saturated carbocycles. The lowest BCUT2D eigenvalue weighted by atomic mass is 9.77. The van der Waals surface area contributed by atoms with Crippen LogP contribution in [0.2, 0.25) is 0 Å². The van der Waals surface area contributed by atoms with Crippen LogP contribution < -0.4 is 19.5 Å². The minimum Gasteiger partial charge on any atom is -0.496 e. The molecule has 7 rings (SSSR count). The maximum absolute atomic E-state index is 14.9. The van der Waals surface area contributed by atoms with E-state index in [-0.39, 0.29) is 45.2 Å². The van der Waals surface area contributed by atoms with E-state index in [1.54, 1.807) is 40.0 Å². The first kappa shape index (κ1) is 43.0. The van der Waals surface area contributed by atoms with Gasteiger partial charge >= 0.3 is 0 Å². The molecular weight excluding hydrogens is 797 g/mol. The number of carbonyl (C=O) groups excluding carboxylic acids is 4. The van der Waals surface area contributed by atoms with E-state index in [1.165, 1.54) is 11.0 Å². The number of amides is 4. The lowest BCUT2D eigenvalue weighted by Gasteiger charge is -2.37. The number of aryl methyl sites for hydroxylation is 1. The third-order valence-corrected chi connectivity index (χ3v) is 14.1. The standard InChI is InChI=1S/C44H53F2N5O8S/c1-7-28-23-44(28,41(55)49-60(56,57)30-14-15-30)48-39(53)34-20-29(24-51(34)40(54)32(42(3,4)5)21-37(52)50-19-11-18-43(45,46)25-50)59-36-22-33(27-12-9-8-10-13-27)47-38-26(2)35(58-6)17-16-31(36)38/h7-10,12-13,16-17,22,28-30,32,34H,1,11,14-15,18-21,23-25H2,2-6H3,(H,48,53)(H,49,55)/t28-,29-,32?,34+,44?/m1/s1. The molecule has 0 bridgehead atoms. The highest BCUT2D eigenvalue weighted by molar-refractivity contribution is 7.91. The highest BCUT2D eigenvalue weighted by Gasteiger charge is 2.62. The summed E-state index contributed by atoms with van der Waals surface area (Å²) < 4.78 is 69.0. The molecule has 3 aromatic rings. The summed E-state index contributed by atoms with van der Waals surface area (Å²) in [6.07, 6.45) is 1.06. The fraction of sp³-hybridized carbons (Fsp3) is 0.523. The smallest absolute Gasteiger partial charge is 0.265 e. The van der Waals surface area contributed by atoms with Crippen molar-refractivity contribution in [1.29, 1.82) is 0 Å². The van der Waals surface area contributed by atoms with Crippen molar-refractivity contribution in [2.75, 3.05) is 26.7 Å². The maximum atomic E-state index is 14.9. The Morgan fingerprint density at radius 3 is 2.42 bits per heavy atom. The summed E-state index contributed by atoms with van der Waals surface area (Å²) in [7, 11) is -2.38. The van der Waals surface area contributed by atoms with Gasteiger partial charge in [-0.3, -0.25) is 23.9 Å². The molecule has 2 aromatic carbocycles. The minimum atomic E-state index is -3.95. The van der Waals surface area contributed by atoms with Gasteiger partial charge in [-0.2, -0.15) is 0 Å². The van der Waals surface area contributed by atoms with Crippen molar-refractivity contribution < 1.29 is 45.9 Å². The number of sulfonamides is 1. The zero-order valence-electron chi connectivity index (χ0n) is 34.6. The van der Waals surface area contributed by atoms with Gasteiger partial charge in [0, 0.05) is 54.3 Å². The summed E-state index contributed by atoms with van der Waals surface area (Å²) in [6.45, 7) is 10.3. The molecule has 5 atom stereocenters. The van der Waals surface area contributed by atoms with Gasteiger partial charge in [0.25, 0.3) is 11.8 Å². The van der Waals surface area contributed by atoms with Gasteiger partial charge in [0.15, 0.2) is 0 Å². The van der Waals surface area contributed by atoms with Crippen molar-refractivity contribution in [2.45, 2.75) is 101 Å². The molecule has 13 nitrogen and oxygen atoms in total. The number of alkyl halides is 2. The molecule has 0 radical (unpaired) electrons. The van der Waals surface area contributed by atoms with E-state index in [1.807, 2.05) is 43.3 Å². The quantitative estimate of drug-likeness (QED) is 0.210. The van der Waals surface area contributed by atoms with Crippen LogP contribution in [0, 0.1) is 24.2 Å². The first-order chi connectivity index (χ1) is 28.3. The first-order valence-electron chi connectivity index (χ1n) is 20.4. The topological polar surface area (TPSA) is 164 Å². The Hall–Kier alpha value is -5.12. The zero-order valence-corrected chi connectivity index (χ0v) is 35.4. The fourth-order valence-electron chi connectivity index (χ4n) is 8.47. The Labute approximate surface area is 349 Å². The largest absolute Gasteiger partial charge is 0.496 e. The van der Waals surface area contributed by atoms with Crippen molar-refractivity contribution in [3.63, 3.8) is 0 Å². The van der Waals surface area contributed by atoms with Gasteiger partial charge in [-0.05, 0) is 50.2 Å². The van der Waals surface area contributed by atoms with Gasteiger partial charge in [-0.25, -0.2) is 22.2 Å².